The third kappa shape index (κ3) is 2.90. The van der Waals surface area contributed by atoms with Gasteiger partial charge in [-0.15, -0.1) is 0 Å². The Labute approximate surface area is 110 Å². The second-order valence-corrected chi connectivity index (χ2v) is 4.35. The molecule has 1 atom stereocenters. The Morgan fingerprint density at radius 2 is 2.21 bits per heavy atom. The van der Waals surface area contributed by atoms with Crippen LogP contribution in [0.5, 0.6) is 0 Å². The first kappa shape index (κ1) is 13.1. The van der Waals surface area contributed by atoms with Gasteiger partial charge in [-0.1, -0.05) is 6.07 Å². The third-order valence-electron chi connectivity index (χ3n) is 2.84. The SMILES string of the molecule is Cc1ccc(NC(=O)C(C)n2ccc(N)n2)cc1F. The van der Waals surface area contributed by atoms with Crippen LogP contribution in [0.3, 0.4) is 0 Å². The average molecular weight is 262 g/mol. The number of aryl methyl sites for hydroxylation is 1. The molecule has 0 saturated heterocycles. The zero-order valence-corrected chi connectivity index (χ0v) is 10.7. The van der Waals surface area contributed by atoms with Gasteiger partial charge in [0.15, 0.2) is 0 Å². The van der Waals surface area contributed by atoms with E-state index in [4.69, 9.17) is 5.73 Å². The normalized spacial score (nSPS) is 12.2. The summed E-state index contributed by atoms with van der Waals surface area (Å²) >= 11 is 0. The Balaban J connectivity index is 2.10. The highest BCUT2D eigenvalue weighted by Gasteiger charge is 2.16. The topological polar surface area (TPSA) is 72.9 Å². The molecule has 6 heteroatoms. The van der Waals surface area contributed by atoms with Gasteiger partial charge in [-0.3, -0.25) is 9.48 Å². The smallest absolute Gasteiger partial charge is 0.248 e. The summed E-state index contributed by atoms with van der Waals surface area (Å²) in [5.74, 6) is -0.291. The number of benzene rings is 1. The van der Waals surface area contributed by atoms with Crippen LogP contribution in [0.1, 0.15) is 18.5 Å². The molecule has 0 aliphatic heterocycles. The van der Waals surface area contributed by atoms with Crippen LogP contribution in [0.15, 0.2) is 30.5 Å². The third-order valence-corrected chi connectivity index (χ3v) is 2.84. The van der Waals surface area contributed by atoms with E-state index in [1.54, 1.807) is 38.2 Å². The van der Waals surface area contributed by atoms with Crippen molar-refractivity contribution in [1.82, 2.24) is 9.78 Å². The highest BCUT2D eigenvalue weighted by Crippen LogP contribution is 2.16. The van der Waals surface area contributed by atoms with E-state index in [1.807, 2.05) is 0 Å². The predicted octanol–water partition coefficient (Wildman–Crippen LogP) is 2.11. The highest BCUT2D eigenvalue weighted by atomic mass is 19.1. The second kappa shape index (κ2) is 5.09. The minimum Gasteiger partial charge on any atom is -0.382 e. The van der Waals surface area contributed by atoms with Crippen molar-refractivity contribution in [2.75, 3.05) is 11.1 Å². The van der Waals surface area contributed by atoms with E-state index in [9.17, 15) is 9.18 Å². The van der Waals surface area contributed by atoms with Gasteiger partial charge < -0.3 is 11.1 Å². The molecule has 1 aromatic heterocycles. The van der Waals surface area contributed by atoms with Crippen LogP contribution in [0, 0.1) is 12.7 Å². The number of aromatic nitrogens is 2. The molecule has 0 radical (unpaired) electrons. The van der Waals surface area contributed by atoms with Crippen molar-refractivity contribution in [1.29, 1.82) is 0 Å². The summed E-state index contributed by atoms with van der Waals surface area (Å²) in [4.78, 5) is 12.0. The minimum absolute atomic E-state index is 0.286. The lowest BCUT2D eigenvalue weighted by atomic mass is 10.2. The van der Waals surface area contributed by atoms with Crippen LogP contribution in [-0.4, -0.2) is 15.7 Å². The van der Waals surface area contributed by atoms with Gasteiger partial charge in [0.05, 0.1) is 0 Å². The van der Waals surface area contributed by atoms with Crippen molar-refractivity contribution in [3.63, 3.8) is 0 Å². The minimum atomic E-state index is -0.526. The number of amides is 1. The molecule has 2 aromatic rings. The number of halogens is 1. The maximum atomic E-state index is 13.4. The molecule has 1 amide bonds. The molecule has 5 nitrogen and oxygen atoms in total. The number of nitrogens with two attached hydrogens (primary N) is 1. The molecule has 0 aliphatic rings. The van der Waals surface area contributed by atoms with Crippen molar-refractivity contribution >= 4 is 17.4 Å². The number of anilines is 2. The molecular weight excluding hydrogens is 247 g/mol. The maximum absolute atomic E-state index is 13.4. The molecule has 1 heterocycles. The second-order valence-electron chi connectivity index (χ2n) is 4.35. The molecule has 0 aliphatic carbocycles. The lowest BCUT2D eigenvalue weighted by Gasteiger charge is -2.13. The van der Waals surface area contributed by atoms with Crippen LogP contribution < -0.4 is 11.1 Å². The molecule has 1 unspecified atom stereocenters. The van der Waals surface area contributed by atoms with Gasteiger partial charge in [-0.25, -0.2) is 4.39 Å². The van der Waals surface area contributed by atoms with Gasteiger partial charge >= 0.3 is 0 Å². The van der Waals surface area contributed by atoms with E-state index in [0.29, 0.717) is 17.1 Å². The number of carbonyl (C=O) groups excluding carboxylic acids is 1. The molecular formula is C13H15FN4O. The zero-order valence-electron chi connectivity index (χ0n) is 10.7. The summed E-state index contributed by atoms with van der Waals surface area (Å²) < 4.78 is 14.8. The molecule has 0 bridgehead atoms. The van der Waals surface area contributed by atoms with Gasteiger partial charge in [0.25, 0.3) is 0 Å². The summed E-state index contributed by atoms with van der Waals surface area (Å²) in [6.07, 6.45) is 1.62. The van der Waals surface area contributed by atoms with E-state index in [1.165, 1.54) is 10.7 Å². The van der Waals surface area contributed by atoms with Crippen molar-refractivity contribution in [3.05, 3.63) is 41.8 Å². The summed E-state index contributed by atoms with van der Waals surface area (Å²) in [7, 11) is 0. The quantitative estimate of drug-likeness (QED) is 0.889. The van der Waals surface area contributed by atoms with Crippen LogP contribution >= 0.6 is 0 Å². The van der Waals surface area contributed by atoms with Crippen LogP contribution in [0.25, 0.3) is 0 Å². The van der Waals surface area contributed by atoms with E-state index in [0.717, 1.165) is 0 Å². The lowest BCUT2D eigenvalue weighted by molar-refractivity contribution is -0.119. The van der Waals surface area contributed by atoms with E-state index < -0.39 is 6.04 Å². The first-order valence-corrected chi connectivity index (χ1v) is 5.85. The summed E-state index contributed by atoms with van der Waals surface area (Å²) in [6, 6.07) is 5.64. The number of hydrogen-bond acceptors (Lipinski definition) is 3. The Morgan fingerprint density at radius 1 is 1.47 bits per heavy atom. The average Bonchev–Trinajstić information content (AvgIpc) is 2.79. The Hall–Kier alpha value is -2.37. The number of nitrogen functional groups attached to an aromatic ring is 1. The van der Waals surface area contributed by atoms with Crippen LogP contribution in [0.4, 0.5) is 15.9 Å². The fraction of sp³-hybridized carbons (Fsp3) is 0.231. The van der Waals surface area contributed by atoms with Gasteiger partial charge in [-0.05, 0) is 37.6 Å². The van der Waals surface area contributed by atoms with Crippen LogP contribution in [0.2, 0.25) is 0 Å². The fourth-order valence-corrected chi connectivity index (χ4v) is 1.61. The molecule has 0 saturated carbocycles. The number of hydrogen-bond donors (Lipinski definition) is 2. The Morgan fingerprint density at radius 3 is 2.79 bits per heavy atom. The largest absolute Gasteiger partial charge is 0.382 e. The molecule has 3 N–H and O–H groups in total. The number of rotatable bonds is 3. The van der Waals surface area contributed by atoms with Crippen molar-refractivity contribution in [2.45, 2.75) is 19.9 Å². The lowest BCUT2D eigenvalue weighted by Crippen LogP contribution is -2.24. The van der Waals surface area contributed by atoms with Gasteiger partial charge in [0.2, 0.25) is 5.91 Å². The van der Waals surface area contributed by atoms with Crippen LogP contribution in [-0.2, 0) is 4.79 Å². The molecule has 100 valence electrons. The number of nitrogens with one attached hydrogen (secondary N) is 1. The Kier molecular flexibility index (Phi) is 3.50. The maximum Gasteiger partial charge on any atom is 0.248 e. The first-order valence-electron chi connectivity index (χ1n) is 5.85. The Bertz CT molecular complexity index is 608. The van der Waals surface area contributed by atoms with E-state index in [2.05, 4.69) is 10.4 Å². The zero-order chi connectivity index (χ0) is 14.0. The van der Waals surface area contributed by atoms with Gasteiger partial charge in [-0.2, -0.15) is 5.10 Å². The fourth-order valence-electron chi connectivity index (χ4n) is 1.61. The predicted molar refractivity (Wildman–Crippen MR) is 71.1 cm³/mol. The van der Waals surface area contributed by atoms with Crippen molar-refractivity contribution in [3.8, 4) is 0 Å². The molecule has 1 aromatic carbocycles. The van der Waals surface area contributed by atoms with Crippen molar-refractivity contribution < 1.29 is 9.18 Å². The summed E-state index contributed by atoms with van der Waals surface area (Å²) in [6.45, 7) is 3.35. The van der Waals surface area contributed by atoms with Gasteiger partial charge in [0, 0.05) is 11.9 Å². The molecule has 2 rings (SSSR count). The number of carbonyl (C=O) groups is 1. The standard InChI is InChI=1S/C13H15FN4O/c1-8-3-4-10(7-11(8)14)16-13(19)9(2)18-6-5-12(15)17-18/h3-7,9H,1-2H3,(H2,15,17)(H,16,19). The highest BCUT2D eigenvalue weighted by molar-refractivity contribution is 5.93. The molecule has 0 fully saturated rings. The first-order chi connectivity index (χ1) is 8.97. The van der Waals surface area contributed by atoms with Gasteiger partial charge in [0.1, 0.15) is 17.7 Å². The summed E-state index contributed by atoms with van der Waals surface area (Å²) in [5.41, 5.74) is 6.44. The van der Waals surface area contributed by atoms with E-state index >= 15 is 0 Å². The number of nitrogens with zero attached hydrogens (tertiary/aromatic N) is 2. The van der Waals surface area contributed by atoms with Crippen molar-refractivity contribution in [2.24, 2.45) is 0 Å². The summed E-state index contributed by atoms with van der Waals surface area (Å²) in [5, 5.41) is 6.60. The monoisotopic (exact) mass is 262 g/mol. The molecule has 19 heavy (non-hydrogen) atoms. The van der Waals surface area contributed by atoms with E-state index in [-0.39, 0.29) is 11.7 Å². The molecule has 0 spiro atoms.